The van der Waals surface area contributed by atoms with E-state index in [2.05, 4.69) is 0 Å². The zero-order valence-corrected chi connectivity index (χ0v) is 9.39. The van der Waals surface area contributed by atoms with Crippen LogP contribution in [0.2, 0.25) is 0 Å². The van der Waals surface area contributed by atoms with Gasteiger partial charge in [-0.2, -0.15) is 0 Å². The van der Waals surface area contributed by atoms with Crippen molar-refractivity contribution in [2.24, 2.45) is 0 Å². The molecule has 1 aromatic carbocycles. The molecule has 0 radical (unpaired) electrons. The van der Waals surface area contributed by atoms with Crippen LogP contribution in [0.5, 0.6) is 0 Å². The molecule has 1 aliphatic heterocycles. The Morgan fingerprint density at radius 3 is 2.81 bits per heavy atom. The summed E-state index contributed by atoms with van der Waals surface area (Å²) in [6, 6.07) is 9.09. The molecule has 1 aliphatic rings. The summed E-state index contributed by atoms with van der Waals surface area (Å²) in [6.07, 6.45) is 1.76. The van der Waals surface area contributed by atoms with Gasteiger partial charge in [-0.25, -0.2) is 4.79 Å². The minimum absolute atomic E-state index is 0.00328. The molecule has 1 fully saturated rings. The number of ether oxygens (including phenoxy) is 2. The van der Waals surface area contributed by atoms with Crippen molar-refractivity contribution in [2.75, 3.05) is 6.61 Å². The van der Waals surface area contributed by atoms with Crippen molar-refractivity contribution in [1.29, 1.82) is 0 Å². The summed E-state index contributed by atoms with van der Waals surface area (Å²) < 4.78 is 10.8. The lowest BCUT2D eigenvalue weighted by Gasteiger charge is -2.26. The van der Waals surface area contributed by atoms with Crippen LogP contribution in [0.25, 0.3) is 0 Å². The van der Waals surface area contributed by atoms with Crippen molar-refractivity contribution in [3.05, 3.63) is 35.9 Å². The molecule has 0 N–H and O–H groups in total. The molecule has 86 valence electrons. The second-order valence-electron chi connectivity index (χ2n) is 4.10. The van der Waals surface area contributed by atoms with E-state index < -0.39 is 0 Å². The van der Waals surface area contributed by atoms with E-state index in [-0.39, 0.29) is 18.2 Å². The Hall–Kier alpha value is -1.35. The first-order chi connectivity index (χ1) is 7.75. The number of carbonyl (C=O) groups is 1. The monoisotopic (exact) mass is 220 g/mol. The molecule has 0 aromatic heterocycles. The van der Waals surface area contributed by atoms with E-state index in [1.807, 2.05) is 25.1 Å². The summed E-state index contributed by atoms with van der Waals surface area (Å²) >= 11 is 0. The number of hydrogen-bond acceptors (Lipinski definition) is 3. The number of esters is 1. The minimum Gasteiger partial charge on any atom is -0.459 e. The average molecular weight is 220 g/mol. The summed E-state index contributed by atoms with van der Waals surface area (Å²) in [5, 5.41) is 0. The fraction of sp³-hybridized carbons (Fsp3) is 0.462. The third-order valence-corrected chi connectivity index (χ3v) is 2.72. The fourth-order valence-electron chi connectivity index (χ4n) is 1.86. The summed E-state index contributed by atoms with van der Waals surface area (Å²) in [5.74, 6) is -0.236. The number of hydrogen-bond donors (Lipinski definition) is 0. The van der Waals surface area contributed by atoms with Gasteiger partial charge in [0.05, 0.1) is 18.3 Å². The van der Waals surface area contributed by atoms with Gasteiger partial charge in [-0.05, 0) is 19.1 Å². The third kappa shape index (κ3) is 2.83. The topological polar surface area (TPSA) is 35.5 Å². The first kappa shape index (κ1) is 11.1. The zero-order valence-electron chi connectivity index (χ0n) is 9.39. The minimum atomic E-state index is -0.236. The van der Waals surface area contributed by atoms with E-state index in [1.165, 1.54) is 0 Å². The quantitative estimate of drug-likeness (QED) is 0.718. The highest BCUT2D eigenvalue weighted by atomic mass is 16.6. The van der Waals surface area contributed by atoms with Crippen LogP contribution in [0.4, 0.5) is 0 Å². The van der Waals surface area contributed by atoms with E-state index in [0.29, 0.717) is 12.2 Å². The Balaban J connectivity index is 1.92. The van der Waals surface area contributed by atoms with Crippen LogP contribution < -0.4 is 0 Å². The standard InChI is InChI=1S/C13H16O3/c1-10-9-12(7-8-15-10)16-13(14)11-5-3-2-4-6-11/h2-6,10,12H,7-9H2,1H3. The van der Waals surface area contributed by atoms with Gasteiger partial charge in [0.1, 0.15) is 6.10 Å². The predicted molar refractivity (Wildman–Crippen MR) is 60.3 cm³/mol. The Morgan fingerprint density at radius 2 is 2.12 bits per heavy atom. The summed E-state index contributed by atoms with van der Waals surface area (Å²) in [7, 11) is 0. The highest BCUT2D eigenvalue weighted by molar-refractivity contribution is 5.89. The van der Waals surface area contributed by atoms with E-state index >= 15 is 0 Å². The van der Waals surface area contributed by atoms with Gasteiger partial charge in [0.15, 0.2) is 0 Å². The van der Waals surface area contributed by atoms with Gasteiger partial charge in [-0.1, -0.05) is 18.2 Å². The molecule has 3 heteroatoms. The first-order valence-corrected chi connectivity index (χ1v) is 5.63. The van der Waals surface area contributed by atoms with E-state index in [4.69, 9.17) is 9.47 Å². The van der Waals surface area contributed by atoms with Crippen LogP contribution in [-0.4, -0.2) is 24.8 Å². The van der Waals surface area contributed by atoms with Crippen molar-refractivity contribution in [3.63, 3.8) is 0 Å². The zero-order chi connectivity index (χ0) is 11.4. The SMILES string of the molecule is CC1CC(OC(=O)c2ccccc2)CCO1. The molecule has 2 atom stereocenters. The molecule has 0 amide bonds. The molecular formula is C13H16O3. The van der Waals surface area contributed by atoms with E-state index in [1.54, 1.807) is 12.1 Å². The predicted octanol–water partition coefficient (Wildman–Crippen LogP) is 2.41. The molecule has 2 rings (SSSR count). The maximum Gasteiger partial charge on any atom is 0.338 e. The highest BCUT2D eigenvalue weighted by Gasteiger charge is 2.23. The average Bonchev–Trinajstić information content (AvgIpc) is 2.30. The van der Waals surface area contributed by atoms with Gasteiger partial charge in [0.2, 0.25) is 0 Å². The Kier molecular flexibility index (Phi) is 3.57. The molecule has 1 saturated heterocycles. The smallest absolute Gasteiger partial charge is 0.338 e. The fourth-order valence-corrected chi connectivity index (χ4v) is 1.86. The van der Waals surface area contributed by atoms with Gasteiger partial charge in [0.25, 0.3) is 0 Å². The Morgan fingerprint density at radius 1 is 1.38 bits per heavy atom. The second kappa shape index (κ2) is 5.12. The maximum atomic E-state index is 11.8. The summed E-state index contributed by atoms with van der Waals surface area (Å²) in [5.41, 5.74) is 0.613. The van der Waals surface area contributed by atoms with Crippen LogP contribution in [0, 0.1) is 0 Å². The van der Waals surface area contributed by atoms with Crippen LogP contribution >= 0.6 is 0 Å². The van der Waals surface area contributed by atoms with E-state index in [9.17, 15) is 4.79 Å². The summed E-state index contributed by atoms with van der Waals surface area (Å²) in [4.78, 5) is 11.8. The first-order valence-electron chi connectivity index (χ1n) is 5.63. The number of benzene rings is 1. The number of rotatable bonds is 2. The molecule has 3 nitrogen and oxygen atoms in total. The van der Waals surface area contributed by atoms with Crippen LogP contribution in [-0.2, 0) is 9.47 Å². The molecule has 16 heavy (non-hydrogen) atoms. The van der Waals surface area contributed by atoms with Gasteiger partial charge in [-0.3, -0.25) is 0 Å². The Bertz CT molecular complexity index is 347. The lowest BCUT2D eigenvalue weighted by atomic mass is 10.1. The van der Waals surface area contributed by atoms with Crippen LogP contribution in [0.3, 0.4) is 0 Å². The van der Waals surface area contributed by atoms with E-state index in [0.717, 1.165) is 12.8 Å². The molecule has 2 unspecified atom stereocenters. The maximum absolute atomic E-state index is 11.8. The lowest BCUT2D eigenvalue weighted by molar-refractivity contribution is -0.0479. The van der Waals surface area contributed by atoms with Crippen molar-refractivity contribution >= 4 is 5.97 Å². The molecular weight excluding hydrogens is 204 g/mol. The van der Waals surface area contributed by atoms with Crippen molar-refractivity contribution in [3.8, 4) is 0 Å². The van der Waals surface area contributed by atoms with Crippen LogP contribution in [0.1, 0.15) is 30.1 Å². The van der Waals surface area contributed by atoms with Crippen molar-refractivity contribution < 1.29 is 14.3 Å². The lowest BCUT2D eigenvalue weighted by Crippen LogP contribution is -2.30. The second-order valence-corrected chi connectivity index (χ2v) is 4.10. The molecule has 0 aliphatic carbocycles. The van der Waals surface area contributed by atoms with Crippen molar-refractivity contribution in [1.82, 2.24) is 0 Å². The van der Waals surface area contributed by atoms with Gasteiger partial charge in [0, 0.05) is 12.8 Å². The molecule has 0 bridgehead atoms. The molecule has 0 spiro atoms. The van der Waals surface area contributed by atoms with Gasteiger partial charge < -0.3 is 9.47 Å². The highest BCUT2D eigenvalue weighted by Crippen LogP contribution is 2.17. The summed E-state index contributed by atoms with van der Waals surface area (Å²) in [6.45, 7) is 2.68. The molecule has 1 heterocycles. The molecule has 0 saturated carbocycles. The largest absolute Gasteiger partial charge is 0.459 e. The van der Waals surface area contributed by atoms with Crippen molar-refractivity contribution in [2.45, 2.75) is 32.0 Å². The van der Waals surface area contributed by atoms with Gasteiger partial charge in [-0.15, -0.1) is 0 Å². The normalized spacial score (nSPS) is 25.1. The number of carbonyl (C=O) groups excluding carboxylic acids is 1. The van der Waals surface area contributed by atoms with Gasteiger partial charge >= 0.3 is 5.97 Å². The Labute approximate surface area is 95.4 Å². The molecule has 1 aromatic rings. The third-order valence-electron chi connectivity index (χ3n) is 2.72. The van der Waals surface area contributed by atoms with Crippen LogP contribution in [0.15, 0.2) is 30.3 Å².